The van der Waals surface area contributed by atoms with E-state index in [1.54, 1.807) is 0 Å². The molecule has 0 radical (unpaired) electrons. The van der Waals surface area contributed by atoms with E-state index < -0.39 is 0 Å². The molecule has 1 aliphatic heterocycles. The van der Waals surface area contributed by atoms with E-state index >= 15 is 0 Å². The monoisotopic (exact) mass is 236 g/mol. The van der Waals surface area contributed by atoms with E-state index in [0.29, 0.717) is 18.0 Å². The van der Waals surface area contributed by atoms with Crippen molar-refractivity contribution in [3.8, 4) is 0 Å². The number of piperidine rings is 1. The molecular weight excluding hydrogens is 216 g/mol. The van der Waals surface area contributed by atoms with Crippen LogP contribution < -0.4 is 11.1 Å². The molecule has 2 heterocycles. The van der Waals surface area contributed by atoms with Gasteiger partial charge in [0.2, 0.25) is 0 Å². The van der Waals surface area contributed by atoms with Crippen molar-refractivity contribution < 1.29 is 0 Å². The Hall–Kier alpha value is -0.380. The predicted molar refractivity (Wildman–Crippen MR) is 68.7 cm³/mol. The van der Waals surface area contributed by atoms with Crippen LogP contribution >= 0.6 is 11.3 Å². The Balaban J connectivity index is 1.93. The summed E-state index contributed by atoms with van der Waals surface area (Å²) in [6.07, 6.45) is 0. The molecule has 16 heavy (non-hydrogen) atoms. The summed E-state index contributed by atoms with van der Waals surface area (Å²) in [5, 5.41) is 5.85. The van der Waals surface area contributed by atoms with Crippen LogP contribution in [0.25, 0.3) is 0 Å². The van der Waals surface area contributed by atoms with Crippen molar-refractivity contribution in [2.75, 3.05) is 6.54 Å². The van der Waals surface area contributed by atoms with E-state index in [-0.39, 0.29) is 5.41 Å². The molecule has 1 aromatic rings. The molecule has 4 unspecified atom stereocenters. The highest BCUT2D eigenvalue weighted by Crippen LogP contribution is 2.53. The first-order valence-corrected chi connectivity index (χ1v) is 6.95. The number of hydrogen-bond donors (Lipinski definition) is 2. The second-order valence-corrected chi connectivity index (χ2v) is 7.10. The maximum absolute atomic E-state index is 6.09. The molecule has 88 valence electrons. The molecule has 4 atom stereocenters. The van der Waals surface area contributed by atoms with Gasteiger partial charge < -0.3 is 11.1 Å². The van der Waals surface area contributed by atoms with E-state index in [1.165, 1.54) is 10.4 Å². The number of nitrogens with one attached hydrogen (secondary N) is 1. The van der Waals surface area contributed by atoms with Crippen LogP contribution in [0.5, 0.6) is 0 Å². The van der Waals surface area contributed by atoms with E-state index in [2.05, 4.69) is 37.5 Å². The van der Waals surface area contributed by atoms with Crippen LogP contribution in [0.3, 0.4) is 0 Å². The summed E-state index contributed by atoms with van der Waals surface area (Å²) in [4.78, 5) is 1.52. The maximum Gasteiger partial charge on any atom is 0.0465 e. The Bertz CT molecular complexity index is 404. The fourth-order valence-corrected chi connectivity index (χ4v) is 4.26. The Morgan fingerprint density at radius 1 is 1.44 bits per heavy atom. The van der Waals surface area contributed by atoms with Crippen LogP contribution in [0.2, 0.25) is 0 Å². The number of fused-ring (bicyclic) bond motifs is 1. The molecule has 3 N–H and O–H groups in total. The molecule has 0 spiro atoms. The maximum atomic E-state index is 6.09. The summed E-state index contributed by atoms with van der Waals surface area (Å²) in [6, 6.07) is 3.25. The van der Waals surface area contributed by atoms with Gasteiger partial charge in [-0.25, -0.2) is 0 Å². The largest absolute Gasteiger partial charge is 0.327 e. The minimum atomic E-state index is 0.244. The van der Waals surface area contributed by atoms with E-state index in [9.17, 15) is 0 Å². The third-order valence-electron chi connectivity index (χ3n) is 4.04. The topological polar surface area (TPSA) is 38.0 Å². The van der Waals surface area contributed by atoms with Crippen molar-refractivity contribution in [2.45, 2.75) is 38.3 Å². The average molecular weight is 236 g/mol. The lowest BCUT2D eigenvalue weighted by Gasteiger charge is -2.23. The molecule has 1 aromatic heterocycles. The number of nitrogens with two attached hydrogens (primary N) is 1. The van der Waals surface area contributed by atoms with Gasteiger partial charge in [-0.1, -0.05) is 20.8 Å². The molecule has 2 aliphatic rings. The van der Waals surface area contributed by atoms with E-state index in [4.69, 9.17) is 5.73 Å². The van der Waals surface area contributed by atoms with Crippen molar-refractivity contribution in [3.05, 3.63) is 21.9 Å². The number of hydrogen-bond acceptors (Lipinski definition) is 3. The lowest BCUT2D eigenvalue weighted by molar-refractivity contribution is 0.519. The summed E-state index contributed by atoms with van der Waals surface area (Å²) in [5.41, 5.74) is 7.83. The Morgan fingerprint density at radius 3 is 2.75 bits per heavy atom. The molecule has 0 aromatic carbocycles. The number of thiophene rings is 1. The molecule has 1 saturated heterocycles. The van der Waals surface area contributed by atoms with Gasteiger partial charge >= 0.3 is 0 Å². The third-order valence-corrected chi connectivity index (χ3v) is 5.04. The van der Waals surface area contributed by atoms with Gasteiger partial charge in [0.1, 0.15) is 0 Å². The summed E-state index contributed by atoms with van der Waals surface area (Å²) in [7, 11) is 0. The Labute approximate surface area is 101 Å². The first-order valence-electron chi connectivity index (χ1n) is 6.07. The highest BCUT2D eigenvalue weighted by molar-refractivity contribution is 7.10. The van der Waals surface area contributed by atoms with Crippen molar-refractivity contribution in [2.24, 2.45) is 17.6 Å². The summed E-state index contributed by atoms with van der Waals surface area (Å²) >= 11 is 1.89. The van der Waals surface area contributed by atoms with Gasteiger partial charge in [0.15, 0.2) is 0 Å². The summed E-state index contributed by atoms with van der Waals surface area (Å²) < 4.78 is 0. The molecule has 0 amide bonds. The fourth-order valence-electron chi connectivity index (χ4n) is 3.02. The van der Waals surface area contributed by atoms with Crippen LogP contribution in [0, 0.1) is 11.8 Å². The molecule has 0 bridgehead atoms. The zero-order valence-corrected chi connectivity index (χ0v) is 11.0. The zero-order chi connectivity index (χ0) is 11.5. The van der Waals surface area contributed by atoms with Crippen LogP contribution in [-0.2, 0) is 5.41 Å². The quantitative estimate of drug-likeness (QED) is 0.785. The smallest absolute Gasteiger partial charge is 0.0465 e. The van der Waals surface area contributed by atoms with Gasteiger partial charge in [-0.15, -0.1) is 11.3 Å². The lowest BCUT2D eigenvalue weighted by Crippen LogP contribution is -2.27. The van der Waals surface area contributed by atoms with Gasteiger partial charge in [-0.3, -0.25) is 0 Å². The zero-order valence-electron chi connectivity index (χ0n) is 10.2. The van der Waals surface area contributed by atoms with Gasteiger partial charge in [0, 0.05) is 29.4 Å². The highest BCUT2D eigenvalue weighted by atomic mass is 32.1. The van der Waals surface area contributed by atoms with Crippen LogP contribution in [0.1, 0.15) is 37.3 Å². The van der Waals surface area contributed by atoms with Gasteiger partial charge in [-0.2, -0.15) is 0 Å². The fraction of sp³-hybridized carbons (Fsp3) is 0.692. The standard InChI is InChI=1S/C13H20N2S/c1-13(2,3)8-4-5-16-12(8)11-9-7(6-15-11)10(9)14/h4-5,7,9-11,15H,6,14H2,1-3H3. The summed E-state index contributed by atoms with van der Waals surface area (Å²) in [5.74, 6) is 1.43. The van der Waals surface area contributed by atoms with Crippen molar-refractivity contribution in [1.82, 2.24) is 5.32 Å². The Kier molecular flexibility index (Phi) is 2.23. The predicted octanol–water partition coefficient (Wildman–Crippen LogP) is 2.26. The van der Waals surface area contributed by atoms with Crippen LogP contribution in [0.15, 0.2) is 11.4 Å². The van der Waals surface area contributed by atoms with Crippen LogP contribution in [-0.4, -0.2) is 12.6 Å². The highest BCUT2D eigenvalue weighted by Gasteiger charge is 2.57. The van der Waals surface area contributed by atoms with Gasteiger partial charge in [-0.05, 0) is 28.3 Å². The normalized spacial score (nSPS) is 37.5. The molecule has 2 nitrogen and oxygen atoms in total. The molecule has 2 fully saturated rings. The molecule has 3 heteroatoms. The second-order valence-electron chi connectivity index (χ2n) is 6.15. The minimum absolute atomic E-state index is 0.244. The number of rotatable bonds is 1. The van der Waals surface area contributed by atoms with Crippen molar-refractivity contribution in [1.29, 1.82) is 0 Å². The molecule has 3 rings (SSSR count). The minimum Gasteiger partial charge on any atom is -0.327 e. The van der Waals surface area contributed by atoms with Crippen molar-refractivity contribution >= 4 is 11.3 Å². The van der Waals surface area contributed by atoms with Crippen molar-refractivity contribution in [3.63, 3.8) is 0 Å². The van der Waals surface area contributed by atoms with E-state index in [0.717, 1.165) is 12.5 Å². The lowest BCUT2D eigenvalue weighted by atomic mass is 9.85. The third kappa shape index (κ3) is 1.45. The summed E-state index contributed by atoms with van der Waals surface area (Å²) in [6.45, 7) is 7.98. The van der Waals surface area contributed by atoms with Crippen LogP contribution in [0.4, 0.5) is 0 Å². The molecule has 1 aliphatic carbocycles. The van der Waals surface area contributed by atoms with Gasteiger partial charge in [0.25, 0.3) is 0 Å². The molecule has 1 saturated carbocycles. The Morgan fingerprint density at radius 2 is 2.19 bits per heavy atom. The van der Waals surface area contributed by atoms with Gasteiger partial charge in [0.05, 0.1) is 0 Å². The molecular formula is C13H20N2S. The second kappa shape index (κ2) is 3.31. The SMILES string of the molecule is CC(C)(C)c1ccsc1C1NCC2C(N)C12. The first kappa shape index (κ1) is 10.8. The first-order chi connectivity index (χ1) is 7.50. The average Bonchev–Trinajstić information content (AvgIpc) is 2.69. The van der Waals surface area contributed by atoms with E-state index in [1.807, 2.05) is 11.3 Å².